The summed E-state index contributed by atoms with van der Waals surface area (Å²) >= 11 is 2.02. The van der Waals surface area contributed by atoms with Gasteiger partial charge in [0.1, 0.15) is 5.82 Å². The third-order valence-electron chi connectivity index (χ3n) is 3.22. The predicted octanol–water partition coefficient (Wildman–Crippen LogP) is 4.61. The van der Waals surface area contributed by atoms with Crippen molar-refractivity contribution in [1.29, 1.82) is 0 Å². The van der Waals surface area contributed by atoms with Crippen molar-refractivity contribution in [2.24, 2.45) is 0 Å². The van der Waals surface area contributed by atoms with Gasteiger partial charge in [-0.05, 0) is 45.9 Å². The minimum atomic E-state index is -0.280. The van der Waals surface area contributed by atoms with E-state index in [9.17, 15) is 9.18 Å². The fourth-order valence-corrected chi connectivity index (χ4v) is 3.23. The first-order valence-corrected chi connectivity index (χ1v) is 8.04. The largest absolute Gasteiger partial charge is 0.330 e. The third kappa shape index (κ3) is 3.43. The first-order chi connectivity index (χ1) is 10.1. The lowest BCUT2D eigenvalue weighted by Gasteiger charge is -2.15. The standard InChI is InChI=1S/C15H11FINO.C2H6/c16-12-6-11-9-18(8-10-4-2-1-3-5-10)15(19)14(11)13(17)7-12;1-2/h1-7H,8-9H2;1-2H3. The van der Waals surface area contributed by atoms with Crippen molar-refractivity contribution in [2.75, 3.05) is 0 Å². The highest BCUT2D eigenvalue weighted by atomic mass is 127. The van der Waals surface area contributed by atoms with Crippen LogP contribution in [0.15, 0.2) is 42.5 Å². The summed E-state index contributed by atoms with van der Waals surface area (Å²) < 4.78 is 14.1. The molecule has 0 aromatic heterocycles. The van der Waals surface area contributed by atoms with Crippen LogP contribution in [-0.2, 0) is 13.1 Å². The molecule has 0 fully saturated rings. The topological polar surface area (TPSA) is 20.3 Å². The van der Waals surface area contributed by atoms with E-state index in [4.69, 9.17) is 0 Å². The highest BCUT2D eigenvalue weighted by molar-refractivity contribution is 14.1. The molecule has 1 aliphatic heterocycles. The molecule has 21 heavy (non-hydrogen) atoms. The normalized spacial score (nSPS) is 12.8. The SMILES string of the molecule is CC.O=C1c2c(I)cc(F)cc2CN1Cc1ccccc1. The molecule has 4 heteroatoms. The lowest BCUT2D eigenvalue weighted by molar-refractivity contribution is 0.0766. The van der Waals surface area contributed by atoms with Crippen molar-refractivity contribution in [3.63, 3.8) is 0 Å². The summed E-state index contributed by atoms with van der Waals surface area (Å²) in [7, 11) is 0. The monoisotopic (exact) mass is 397 g/mol. The van der Waals surface area contributed by atoms with Gasteiger partial charge < -0.3 is 4.90 Å². The smallest absolute Gasteiger partial charge is 0.255 e. The summed E-state index contributed by atoms with van der Waals surface area (Å²) in [6.45, 7) is 5.04. The van der Waals surface area contributed by atoms with Gasteiger partial charge in [0.25, 0.3) is 5.91 Å². The zero-order chi connectivity index (χ0) is 15.4. The molecule has 0 N–H and O–H groups in total. The van der Waals surface area contributed by atoms with Gasteiger partial charge in [-0.3, -0.25) is 4.79 Å². The molecule has 2 aromatic rings. The Balaban J connectivity index is 0.000000774. The van der Waals surface area contributed by atoms with Crippen LogP contribution in [0.5, 0.6) is 0 Å². The number of benzene rings is 2. The summed E-state index contributed by atoms with van der Waals surface area (Å²) in [5, 5.41) is 0. The molecule has 0 saturated carbocycles. The Morgan fingerprint density at radius 2 is 1.86 bits per heavy atom. The van der Waals surface area contributed by atoms with Crippen LogP contribution in [0.1, 0.15) is 35.3 Å². The molecule has 0 aliphatic carbocycles. The number of rotatable bonds is 2. The maximum Gasteiger partial charge on any atom is 0.255 e. The maximum absolute atomic E-state index is 13.4. The molecule has 110 valence electrons. The number of amides is 1. The highest BCUT2D eigenvalue weighted by Gasteiger charge is 2.29. The second kappa shape index (κ2) is 7.02. The lowest BCUT2D eigenvalue weighted by Crippen LogP contribution is -2.23. The van der Waals surface area contributed by atoms with Gasteiger partial charge in [0, 0.05) is 16.7 Å². The van der Waals surface area contributed by atoms with E-state index in [1.54, 1.807) is 4.90 Å². The van der Waals surface area contributed by atoms with Crippen molar-refractivity contribution in [3.05, 3.63) is 68.5 Å². The first kappa shape index (κ1) is 15.9. The number of fused-ring (bicyclic) bond motifs is 1. The maximum atomic E-state index is 13.4. The van der Waals surface area contributed by atoms with E-state index < -0.39 is 0 Å². The van der Waals surface area contributed by atoms with Gasteiger partial charge in [0.2, 0.25) is 0 Å². The molecular formula is C17H17FINO. The Labute approximate surface area is 138 Å². The predicted molar refractivity (Wildman–Crippen MR) is 90.5 cm³/mol. The van der Waals surface area contributed by atoms with Crippen LogP contribution in [0.25, 0.3) is 0 Å². The van der Waals surface area contributed by atoms with E-state index in [2.05, 4.69) is 0 Å². The molecule has 0 bridgehead atoms. The average Bonchev–Trinajstić information content (AvgIpc) is 2.78. The Morgan fingerprint density at radius 1 is 1.19 bits per heavy atom. The fourth-order valence-electron chi connectivity index (χ4n) is 2.36. The average molecular weight is 397 g/mol. The van der Waals surface area contributed by atoms with Crippen LogP contribution in [0, 0.1) is 9.39 Å². The summed E-state index contributed by atoms with van der Waals surface area (Å²) in [6, 6.07) is 12.7. The Bertz CT molecular complexity index is 643. The second-order valence-corrected chi connectivity index (χ2v) is 5.73. The first-order valence-electron chi connectivity index (χ1n) is 6.96. The van der Waals surface area contributed by atoms with Crippen molar-refractivity contribution in [3.8, 4) is 0 Å². The number of nitrogens with zero attached hydrogens (tertiary/aromatic N) is 1. The Hall–Kier alpha value is -1.43. The number of carbonyl (C=O) groups is 1. The highest BCUT2D eigenvalue weighted by Crippen LogP contribution is 2.29. The van der Waals surface area contributed by atoms with E-state index in [1.807, 2.05) is 66.8 Å². The summed E-state index contributed by atoms with van der Waals surface area (Å²) in [4.78, 5) is 14.1. The molecular weight excluding hydrogens is 380 g/mol. The van der Waals surface area contributed by atoms with Gasteiger partial charge in [-0.25, -0.2) is 4.39 Å². The van der Waals surface area contributed by atoms with Crippen molar-refractivity contribution < 1.29 is 9.18 Å². The van der Waals surface area contributed by atoms with E-state index in [1.165, 1.54) is 12.1 Å². The van der Waals surface area contributed by atoms with Crippen LogP contribution >= 0.6 is 22.6 Å². The van der Waals surface area contributed by atoms with Gasteiger partial charge in [-0.1, -0.05) is 44.2 Å². The lowest BCUT2D eigenvalue weighted by atomic mass is 10.1. The van der Waals surface area contributed by atoms with Crippen molar-refractivity contribution >= 4 is 28.5 Å². The quantitative estimate of drug-likeness (QED) is 0.678. The molecule has 0 radical (unpaired) electrons. The van der Waals surface area contributed by atoms with Gasteiger partial charge in [0.05, 0.1) is 5.56 Å². The van der Waals surface area contributed by atoms with Gasteiger partial charge in [-0.15, -0.1) is 0 Å². The van der Waals surface area contributed by atoms with Crippen molar-refractivity contribution in [1.82, 2.24) is 4.90 Å². The van der Waals surface area contributed by atoms with Crippen LogP contribution < -0.4 is 0 Å². The van der Waals surface area contributed by atoms with Crippen LogP contribution in [-0.4, -0.2) is 10.8 Å². The van der Waals surface area contributed by atoms with Crippen LogP contribution in [0.4, 0.5) is 4.39 Å². The number of hydrogen-bond acceptors (Lipinski definition) is 1. The minimum Gasteiger partial charge on any atom is -0.330 e. The molecule has 2 nitrogen and oxygen atoms in total. The Morgan fingerprint density at radius 3 is 2.52 bits per heavy atom. The Kier molecular flexibility index (Phi) is 5.33. The van der Waals surface area contributed by atoms with E-state index in [0.717, 1.165) is 11.1 Å². The molecule has 0 unspecified atom stereocenters. The molecule has 0 spiro atoms. The zero-order valence-corrected chi connectivity index (χ0v) is 14.2. The number of halogens is 2. The summed E-state index contributed by atoms with van der Waals surface area (Å²) in [5.74, 6) is -0.291. The molecule has 0 saturated heterocycles. The fraction of sp³-hybridized carbons (Fsp3) is 0.235. The van der Waals surface area contributed by atoms with E-state index >= 15 is 0 Å². The third-order valence-corrected chi connectivity index (χ3v) is 4.07. The number of hydrogen-bond donors (Lipinski definition) is 0. The second-order valence-electron chi connectivity index (χ2n) is 4.57. The van der Waals surface area contributed by atoms with Gasteiger partial charge >= 0.3 is 0 Å². The molecule has 1 aliphatic rings. The van der Waals surface area contributed by atoms with Gasteiger partial charge in [0.15, 0.2) is 0 Å². The molecule has 1 heterocycles. The summed E-state index contributed by atoms with van der Waals surface area (Å²) in [6.07, 6.45) is 0. The van der Waals surface area contributed by atoms with Crippen molar-refractivity contribution in [2.45, 2.75) is 26.9 Å². The molecule has 3 rings (SSSR count). The summed E-state index contributed by atoms with van der Waals surface area (Å²) in [5.41, 5.74) is 2.52. The van der Waals surface area contributed by atoms with E-state index in [0.29, 0.717) is 22.2 Å². The van der Waals surface area contributed by atoms with Crippen LogP contribution in [0.2, 0.25) is 0 Å². The zero-order valence-electron chi connectivity index (χ0n) is 12.1. The molecule has 2 aromatic carbocycles. The van der Waals surface area contributed by atoms with Crippen LogP contribution in [0.3, 0.4) is 0 Å². The minimum absolute atomic E-state index is 0.0109. The molecule has 1 amide bonds. The number of carbonyl (C=O) groups excluding carboxylic acids is 1. The van der Waals surface area contributed by atoms with Gasteiger partial charge in [-0.2, -0.15) is 0 Å². The van der Waals surface area contributed by atoms with E-state index in [-0.39, 0.29) is 11.7 Å². The molecule has 0 atom stereocenters.